The SMILES string of the molecule is C=COCC(C)=CC. The molecule has 0 rings (SSSR count). The van der Waals surface area contributed by atoms with Gasteiger partial charge >= 0.3 is 0 Å². The number of allylic oxidation sites excluding steroid dienone is 1. The molecule has 0 unspecified atom stereocenters. The zero-order valence-electron chi connectivity index (χ0n) is 5.48. The summed E-state index contributed by atoms with van der Waals surface area (Å²) >= 11 is 0. The average molecular weight is 112 g/mol. The Bertz CT molecular complexity index is 92.6. The van der Waals surface area contributed by atoms with E-state index in [9.17, 15) is 0 Å². The molecule has 0 radical (unpaired) electrons. The zero-order chi connectivity index (χ0) is 6.41. The van der Waals surface area contributed by atoms with Crippen LogP contribution in [0.2, 0.25) is 0 Å². The van der Waals surface area contributed by atoms with Crippen LogP contribution in [-0.2, 0) is 4.74 Å². The molecule has 0 N–H and O–H groups in total. The molecule has 46 valence electrons. The molecular weight excluding hydrogens is 100 g/mol. The van der Waals surface area contributed by atoms with Crippen LogP contribution in [0.3, 0.4) is 0 Å². The number of hydrogen-bond donors (Lipinski definition) is 0. The first-order valence-corrected chi connectivity index (χ1v) is 2.65. The van der Waals surface area contributed by atoms with Crippen LogP contribution in [0, 0.1) is 0 Å². The van der Waals surface area contributed by atoms with Crippen LogP contribution in [0.25, 0.3) is 0 Å². The van der Waals surface area contributed by atoms with E-state index >= 15 is 0 Å². The summed E-state index contributed by atoms with van der Waals surface area (Å²) in [4.78, 5) is 0. The lowest BCUT2D eigenvalue weighted by atomic mass is 10.3. The molecule has 0 aliphatic rings. The third-order valence-electron chi connectivity index (χ3n) is 0.922. The molecule has 0 fully saturated rings. The third kappa shape index (κ3) is 3.47. The van der Waals surface area contributed by atoms with Gasteiger partial charge in [-0.25, -0.2) is 0 Å². The normalized spacial score (nSPS) is 11.0. The summed E-state index contributed by atoms with van der Waals surface area (Å²) < 4.78 is 4.88. The second-order valence-corrected chi connectivity index (χ2v) is 1.61. The average Bonchev–Trinajstić information content (AvgIpc) is 1.83. The molecule has 0 aliphatic carbocycles. The molecule has 0 amide bonds. The number of hydrogen-bond acceptors (Lipinski definition) is 1. The van der Waals surface area contributed by atoms with Crippen molar-refractivity contribution < 1.29 is 4.74 Å². The standard InChI is InChI=1S/C7H12O/c1-4-7(3)6-8-5-2/h4-5H,2,6H2,1,3H3. The van der Waals surface area contributed by atoms with Crippen LogP contribution >= 0.6 is 0 Å². The maximum absolute atomic E-state index is 4.88. The quantitative estimate of drug-likeness (QED) is 0.401. The summed E-state index contributed by atoms with van der Waals surface area (Å²) in [6.07, 6.45) is 3.47. The summed E-state index contributed by atoms with van der Waals surface area (Å²) in [5.41, 5.74) is 1.23. The monoisotopic (exact) mass is 112 g/mol. The van der Waals surface area contributed by atoms with Gasteiger partial charge < -0.3 is 4.74 Å². The fourth-order valence-corrected chi connectivity index (χ4v) is 0.274. The first kappa shape index (κ1) is 7.28. The van der Waals surface area contributed by atoms with Gasteiger partial charge in [-0.05, 0) is 19.4 Å². The fourth-order valence-electron chi connectivity index (χ4n) is 0.274. The van der Waals surface area contributed by atoms with Crippen molar-refractivity contribution in [3.8, 4) is 0 Å². The summed E-state index contributed by atoms with van der Waals surface area (Å²) in [5.74, 6) is 0. The van der Waals surface area contributed by atoms with E-state index in [1.54, 1.807) is 0 Å². The molecule has 0 heterocycles. The lowest BCUT2D eigenvalue weighted by Crippen LogP contribution is -1.86. The molecule has 0 saturated heterocycles. The molecule has 0 saturated carbocycles. The highest BCUT2D eigenvalue weighted by molar-refractivity contribution is 4.95. The van der Waals surface area contributed by atoms with E-state index in [2.05, 4.69) is 6.58 Å². The molecule has 0 spiro atoms. The number of rotatable bonds is 3. The van der Waals surface area contributed by atoms with Gasteiger partial charge in [0.25, 0.3) is 0 Å². The van der Waals surface area contributed by atoms with Crippen LogP contribution in [0.5, 0.6) is 0 Å². The van der Waals surface area contributed by atoms with Crippen LogP contribution in [0.1, 0.15) is 13.8 Å². The molecule has 0 aliphatic heterocycles. The zero-order valence-corrected chi connectivity index (χ0v) is 5.48. The van der Waals surface area contributed by atoms with Crippen LogP contribution in [0.4, 0.5) is 0 Å². The van der Waals surface area contributed by atoms with Crippen molar-refractivity contribution in [3.63, 3.8) is 0 Å². The molecule has 1 nitrogen and oxygen atoms in total. The van der Waals surface area contributed by atoms with E-state index in [1.165, 1.54) is 11.8 Å². The highest BCUT2D eigenvalue weighted by Crippen LogP contribution is 1.91. The van der Waals surface area contributed by atoms with Gasteiger partial charge in [-0.1, -0.05) is 12.7 Å². The second kappa shape index (κ2) is 4.44. The minimum Gasteiger partial charge on any atom is -0.497 e. The molecule has 0 atom stereocenters. The Balaban J connectivity index is 3.24. The lowest BCUT2D eigenvalue weighted by Gasteiger charge is -1.96. The Morgan fingerprint density at radius 3 is 2.75 bits per heavy atom. The first-order valence-electron chi connectivity index (χ1n) is 2.65. The summed E-state index contributed by atoms with van der Waals surface area (Å²) in [7, 11) is 0. The molecule has 8 heavy (non-hydrogen) atoms. The Hall–Kier alpha value is -0.720. The van der Waals surface area contributed by atoms with Gasteiger partial charge in [0.1, 0.15) is 6.61 Å². The van der Waals surface area contributed by atoms with Crippen molar-refractivity contribution >= 4 is 0 Å². The van der Waals surface area contributed by atoms with Gasteiger partial charge in [-0.3, -0.25) is 0 Å². The highest BCUT2D eigenvalue weighted by Gasteiger charge is 1.81. The van der Waals surface area contributed by atoms with Gasteiger partial charge in [0.2, 0.25) is 0 Å². The maximum Gasteiger partial charge on any atom is 0.108 e. The lowest BCUT2D eigenvalue weighted by molar-refractivity contribution is 0.281. The van der Waals surface area contributed by atoms with Gasteiger partial charge in [0.05, 0.1) is 6.26 Å². The Morgan fingerprint density at radius 2 is 2.38 bits per heavy atom. The fraction of sp³-hybridized carbons (Fsp3) is 0.429. The van der Waals surface area contributed by atoms with Crippen molar-refractivity contribution in [1.82, 2.24) is 0 Å². The molecule has 1 heteroatoms. The molecule has 0 aromatic carbocycles. The molecular formula is C7H12O. The topological polar surface area (TPSA) is 9.23 Å². The first-order chi connectivity index (χ1) is 3.81. The van der Waals surface area contributed by atoms with Crippen molar-refractivity contribution in [2.24, 2.45) is 0 Å². The number of ether oxygens (including phenoxy) is 1. The van der Waals surface area contributed by atoms with Crippen molar-refractivity contribution in [3.05, 3.63) is 24.5 Å². The largest absolute Gasteiger partial charge is 0.497 e. The van der Waals surface area contributed by atoms with Gasteiger partial charge in [-0.2, -0.15) is 0 Å². The van der Waals surface area contributed by atoms with E-state index in [-0.39, 0.29) is 0 Å². The minimum atomic E-state index is 0.667. The molecule has 0 aromatic heterocycles. The van der Waals surface area contributed by atoms with Crippen LogP contribution in [0.15, 0.2) is 24.5 Å². The van der Waals surface area contributed by atoms with E-state index in [0.29, 0.717) is 6.61 Å². The van der Waals surface area contributed by atoms with E-state index in [1.807, 2.05) is 19.9 Å². The molecule has 0 bridgehead atoms. The van der Waals surface area contributed by atoms with Gasteiger partial charge in [0.15, 0.2) is 0 Å². The Labute approximate surface area is 50.7 Å². The highest BCUT2D eigenvalue weighted by atomic mass is 16.5. The van der Waals surface area contributed by atoms with Crippen LogP contribution in [-0.4, -0.2) is 6.61 Å². The summed E-state index contributed by atoms with van der Waals surface area (Å²) in [6.45, 7) is 8.09. The van der Waals surface area contributed by atoms with Gasteiger partial charge in [0, 0.05) is 0 Å². The maximum atomic E-state index is 4.88. The van der Waals surface area contributed by atoms with Crippen molar-refractivity contribution in [2.75, 3.05) is 6.61 Å². The Kier molecular flexibility index (Phi) is 4.04. The summed E-state index contributed by atoms with van der Waals surface area (Å²) in [6, 6.07) is 0. The van der Waals surface area contributed by atoms with E-state index in [0.717, 1.165) is 0 Å². The van der Waals surface area contributed by atoms with Crippen molar-refractivity contribution in [1.29, 1.82) is 0 Å². The smallest absolute Gasteiger partial charge is 0.108 e. The van der Waals surface area contributed by atoms with Crippen molar-refractivity contribution in [2.45, 2.75) is 13.8 Å². The second-order valence-electron chi connectivity index (χ2n) is 1.61. The van der Waals surface area contributed by atoms with E-state index < -0.39 is 0 Å². The Morgan fingerprint density at radius 1 is 1.75 bits per heavy atom. The summed E-state index contributed by atoms with van der Waals surface area (Å²) in [5, 5.41) is 0. The molecule has 0 aromatic rings. The minimum absolute atomic E-state index is 0.667. The van der Waals surface area contributed by atoms with Gasteiger partial charge in [-0.15, -0.1) is 0 Å². The predicted molar refractivity (Wildman–Crippen MR) is 35.6 cm³/mol. The predicted octanol–water partition coefficient (Wildman–Crippen LogP) is 2.11. The van der Waals surface area contributed by atoms with E-state index in [4.69, 9.17) is 4.74 Å². The van der Waals surface area contributed by atoms with Crippen LogP contribution < -0.4 is 0 Å². The third-order valence-corrected chi connectivity index (χ3v) is 0.922.